The summed E-state index contributed by atoms with van der Waals surface area (Å²) in [5, 5.41) is 1.16. The topological polar surface area (TPSA) is 30.0 Å². The smallest absolute Gasteiger partial charge is 0.138 e. The minimum atomic E-state index is -0.200. The maximum Gasteiger partial charge on any atom is 0.138 e. The summed E-state index contributed by atoms with van der Waals surface area (Å²) in [5.41, 5.74) is 0.927. The lowest BCUT2D eigenvalue weighted by atomic mass is 9.88. The first-order chi connectivity index (χ1) is 7.30. The highest BCUT2D eigenvalue weighted by molar-refractivity contribution is 7.11. The Morgan fingerprint density at radius 2 is 1.94 bits per heavy atom. The highest BCUT2D eigenvalue weighted by Crippen LogP contribution is 2.21. The molecule has 1 rings (SSSR count). The van der Waals surface area contributed by atoms with Crippen LogP contribution in [0.2, 0.25) is 0 Å². The summed E-state index contributed by atoms with van der Waals surface area (Å²) in [6.45, 7) is 10.1. The zero-order valence-corrected chi connectivity index (χ0v) is 11.7. The van der Waals surface area contributed by atoms with Gasteiger partial charge in [0, 0.05) is 16.7 Å². The van der Waals surface area contributed by atoms with Gasteiger partial charge < -0.3 is 0 Å². The molecule has 1 aromatic rings. The number of hydrogen-bond donors (Lipinski definition) is 0. The van der Waals surface area contributed by atoms with Gasteiger partial charge in [0.25, 0.3) is 0 Å². The Kier molecular flexibility index (Phi) is 4.25. The fourth-order valence-electron chi connectivity index (χ4n) is 1.42. The number of thiazole rings is 1. The third kappa shape index (κ3) is 3.71. The van der Waals surface area contributed by atoms with Crippen LogP contribution in [-0.2, 0) is 11.2 Å². The SMILES string of the molecule is Cc1nc(CCCC(=O)C(C)(C)C)sc1C. The van der Waals surface area contributed by atoms with Gasteiger partial charge in [-0.25, -0.2) is 4.98 Å². The molecule has 0 N–H and O–H groups in total. The lowest BCUT2D eigenvalue weighted by Crippen LogP contribution is -2.19. The Balaban J connectivity index is 2.39. The lowest BCUT2D eigenvalue weighted by molar-refractivity contribution is -0.126. The van der Waals surface area contributed by atoms with Gasteiger partial charge in [0.1, 0.15) is 5.78 Å². The second kappa shape index (κ2) is 5.09. The Morgan fingerprint density at radius 3 is 2.38 bits per heavy atom. The molecule has 0 unspecified atom stereocenters. The largest absolute Gasteiger partial charge is 0.299 e. The molecule has 90 valence electrons. The number of ketones is 1. The molecular weight excluding hydrogens is 218 g/mol. The molecule has 0 aliphatic rings. The minimum Gasteiger partial charge on any atom is -0.299 e. The van der Waals surface area contributed by atoms with Crippen LogP contribution in [0, 0.1) is 19.3 Å². The number of carbonyl (C=O) groups excluding carboxylic acids is 1. The van der Waals surface area contributed by atoms with Crippen LogP contribution in [0.15, 0.2) is 0 Å². The molecule has 1 aromatic heterocycles. The summed E-state index contributed by atoms with van der Waals surface area (Å²) < 4.78 is 0. The van der Waals surface area contributed by atoms with Gasteiger partial charge in [-0.15, -0.1) is 11.3 Å². The van der Waals surface area contributed by atoms with Crippen molar-refractivity contribution >= 4 is 17.1 Å². The second-order valence-electron chi connectivity index (χ2n) is 5.28. The number of carbonyl (C=O) groups is 1. The van der Waals surface area contributed by atoms with E-state index in [1.807, 2.05) is 27.7 Å². The first-order valence-corrected chi connectivity index (χ1v) is 6.58. The molecule has 0 aliphatic carbocycles. The normalized spacial score (nSPS) is 11.8. The average Bonchev–Trinajstić information content (AvgIpc) is 2.44. The fraction of sp³-hybridized carbons (Fsp3) is 0.692. The highest BCUT2D eigenvalue weighted by Gasteiger charge is 2.20. The van der Waals surface area contributed by atoms with Crippen molar-refractivity contribution in [3.05, 3.63) is 15.6 Å². The van der Waals surface area contributed by atoms with Crippen molar-refractivity contribution in [1.29, 1.82) is 0 Å². The van der Waals surface area contributed by atoms with Crippen LogP contribution < -0.4 is 0 Å². The summed E-state index contributed by atoms with van der Waals surface area (Å²) in [7, 11) is 0. The summed E-state index contributed by atoms with van der Waals surface area (Å²) in [4.78, 5) is 17.5. The van der Waals surface area contributed by atoms with Crippen molar-refractivity contribution in [2.75, 3.05) is 0 Å². The van der Waals surface area contributed by atoms with Crippen LogP contribution in [-0.4, -0.2) is 10.8 Å². The van der Waals surface area contributed by atoms with Gasteiger partial charge >= 0.3 is 0 Å². The Labute approximate surface area is 102 Å². The molecule has 0 saturated carbocycles. The molecule has 2 nitrogen and oxygen atoms in total. The molecular formula is C13H21NOS. The Bertz CT molecular complexity index is 354. The third-order valence-corrected chi connectivity index (χ3v) is 3.84. The molecule has 0 aliphatic heterocycles. The van der Waals surface area contributed by atoms with Gasteiger partial charge in [-0.05, 0) is 26.7 Å². The van der Waals surface area contributed by atoms with Crippen LogP contribution in [0.5, 0.6) is 0 Å². The second-order valence-corrected chi connectivity index (χ2v) is 6.56. The van der Waals surface area contributed by atoms with Crippen LogP contribution in [0.1, 0.15) is 49.2 Å². The Morgan fingerprint density at radius 1 is 1.31 bits per heavy atom. The first-order valence-electron chi connectivity index (χ1n) is 5.77. The van der Waals surface area contributed by atoms with Gasteiger partial charge in [-0.1, -0.05) is 20.8 Å². The summed E-state index contributed by atoms with van der Waals surface area (Å²) in [5.74, 6) is 0.345. The number of Topliss-reactive ketones (excluding diaryl/α,β-unsaturated/α-hetero) is 1. The minimum absolute atomic E-state index is 0.200. The predicted molar refractivity (Wildman–Crippen MR) is 69.0 cm³/mol. The van der Waals surface area contributed by atoms with Crippen molar-refractivity contribution in [2.24, 2.45) is 5.41 Å². The maximum absolute atomic E-state index is 11.7. The molecule has 0 fully saturated rings. The van der Waals surface area contributed by atoms with Crippen LogP contribution in [0.25, 0.3) is 0 Å². The van der Waals surface area contributed by atoms with E-state index in [0.717, 1.165) is 23.5 Å². The number of nitrogens with zero attached hydrogens (tertiary/aromatic N) is 1. The molecule has 0 amide bonds. The molecule has 0 bridgehead atoms. The number of hydrogen-bond acceptors (Lipinski definition) is 3. The molecule has 1 heterocycles. The highest BCUT2D eigenvalue weighted by atomic mass is 32.1. The molecule has 3 heteroatoms. The van der Waals surface area contributed by atoms with E-state index >= 15 is 0 Å². The molecule has 0 saturated heterocycles. The molecule has 16 heavy (non-hydrogen) atoms. The van der Waals surface area contributed by atoms with Gasteiger partial charge in [-0.3, -0.25) is 4.79 Å². The number of aryl methyl sites for hydroxylation is 3. The van der Waals surface area contributed by atoms with Crippen molar-refractivity contribution < 1.29 is 4.79 Å². The van der Waals surface area contributed by atoms with E-state index in [2.05, 4.69) is 11.9 Å². The van der Waals surface area contributed by atoms with E-state index in [0.29, 0.717) is 12.2 Å². The van der Waals surface area contributed by atoms with Crippen molar-refractivity contribution in [1.82, 2.24) is 4.98 Å². The van der Waals surface area contributed by atoms with Gasteiger partial charge in [0.2, 0.25) is 0 Å². The van der Waals surface area contributed by atoms with Crippen LogP contribution >= 0.6 is 11.3 Å². The van der Waals surface area contributed by atoms with Crippen LogP contribution in [0.4, 0.5) is 0 Å². The van der Waals surface area contributed by atoms with E-state index in [4.69, 9.17) is 0 Å². The standard InChI is InChI=1S/C13H21NOS/c1-9-10(2)16-12(14-9)8-6-7-11(15)13(3,4)5/h6-8H2,1-5H3. The quantitative estimate of drug-likeness (QED) is 0.802. The van der Waals surface area contributed by atoms with Gasteiger partial charge in [0.05, 0.1) is 10.7 Å². The molecule has 0 atom stereocenters. The van der Waals surface area contributed by atoms with E-state index in [1.54, 1.807) is 11.3 Å². The third-order valence-electron chi connectivity index (χ3n) is 2.70. The summed E-state index contributed by atoms with van der Waals surface area (Å²) in [6, 6.07) is 0. The monoisotopic (exact) mass is 239 g/mol. The number of aromatic nitrogens is 1. The van der Waals surface area contributed by atoms with Crippen molar-refractivity contribution in [2.45, 2.75) is 53.9 Å². The van der Waals surface area contributed by atoms with Gasteiger partial charge in [-0.2, -0.15) is 0 Å². The lowest BCUT2D eigenvalue weighted by Gasteiger charge is -2.15. The summed E-state index contributed by atoms with van der Waals surface area (Å²) in [6.07, 6.45) is 2.52. The van der Waals surface area contributed by atoms with Gasteiger partial charge in [0.15, 0.2) is 0 Å². The Hall–Kier alpha value is -0.700. The summed E-state index contributed by atoms with van der Waals surface area (Å²) >= 11 is 1.75. The number of rotatable bonds is 4. The average molecular weight is 239 g/mol. The van der Waals surface area contributed by atoms with E-state index in [9.17, 15) is 4.79 Å². The molecule has 0 radical (unpaired) electrons. The van der Waals surface area contributed by atoms with E-state index in [1.165, 1.54) is 4.88 Å². The zero-order valence-electron chi connectivity index (χ0n) is 10.9. The maximum atomic E-state index is 11.7. The molecule has 0 aromatic carbocycles. The van der Waals surface area contributed by atoms with E-state index < -0.39 is 0 Å². The van der Waals surface area contributed by atoms with Crippen LogP contribution in [0.3, 0.4) is 0 Å². The van der Waals surface area contributed by atoms with Crippen molar-refractivity contribution in [3.63, 3.8) is 0 Å². The fourth-order valence-corrected chi connectivity index (χ4v) is 2.40. The van der Waals surface area contributed by atoms with E-state index in [-0.39, 0.29) is 5.41 Å². The zero-order chi connectivity index (χ0) is 12.3. The predicted octanol–water partition coefficient (Wildman–Crippen LogP) is 3.70. The van der Waals surface area contributed by atoms with Crippen molar-refractivity contribution in [3.8, 4) is 0 Å². The molecule has 0 spiro atoms. The first kappa shape index (κ1) is 13.4.